The molecule has 1 atom stereocenters. The molecule has 1 aromatic rings. The molecule has 0 aromatic carbocycles. The van der Waals surface area contributed by atoms with Crippen LogP contribution in [0.1, 0.15) is 39.4 Å². The fraction of sp³-hybridized carbons (Fsp3) is 0.636. The maximum Gasteiger partial charge on any atom is 0.243 e. The van der Waals surface area contributed by atoms with Crippen molar-refractivity contribution >= 4 is 17.5 Å². The molecule has 1 amide bonds. The average molecular weight is 244 g/mol. The van der Waals surface area contributed by atoms with Crippen LogP contribution in [-0.2, 0) is 10.7 Å². The Balaban J connectivity index is 2.78. The highest BCUT2D eigenvalue weighted by Gasteiger charge is 2.21. The van der Waals surface area contributed by atoms with Crippen LogP contribution in [0, 0.1) is 0 Å². The molecule has 0 spiro atoms. The standard InChI is InChI=1S/C11H18ClN3O/c1-8(10(16)14-11(2,3)4)15-7-13-6-9(15)5-12/h6-8H,5H2,1-4H3,(H,14,16). The van der Waals surface area contributed by atoms with Crippen LogP contribution < -0.4 is 5.32 Å². The quantitative estimate of drug-likeness (QED) is 0.827. The van der Waals surface area contributed by atoms with Crippen molar-refractivity contribution in [3.8, 4) is 0 Å². The molecule has 1 rings (SSSR count). The summed E-state index contributed by atoms with van der Waals surface area (Å²) < 4.78 is 1.79. The summed E-state index contributed by atoms with van der Waals surface area (Å²) in [6.07, 6.45) is 3.30. The topological polar surface area (TPSA) is 46.9 Å². The van der Waals surface area contributed by atoms with Gasteiger partial charge in [-0.1, -0.05) is 0 Å². The van der Waals surface area contributed by atoms with Crippen LogP contribution in [0.3, 0.4) is 0 Å². The van der Waals surface area contributed by atoms with E-state index in [2.05, 4.69) is 10.3 Å². The van der Waals surface area contributed by atoms with E-state index in [0.717, 1.165) is 5.69 Å². The Kier molecular flexibility index (Phi) is 3.97. The lowest BCUT2D eigenvalue weighted by molar-refractivity contribution is -0.125. The van der Waals surface area contributed by atoms with Gasteiger partial charge in [0.1, 0.15) is 6.04 Å². The lowest BCUT2D eigenvalue weighted by atomic mass is 10.1. The zero-order chi connectivity index (χ0) is 12.3. The third kappa shape index (κ3) is 3.23. The lowest BCUT2D eigenvalue weighted by Crippen LogP contribution is -2.43. The Morgan fingerprint density at radius 1 is 1.62 bits per heavy atom. The number of rotatable bonds is 3. The van der Waals surface area contributed by atoms with Crippen LogP contribution in [0.4, 0.5) is 0 Å². The first-order valence-corrected chi connectivity index (χ1v) is 5.77. The second-order valence-corrected chi connectivity index (χ2v) is 5.11. The largest absolute Gasteiger partial charge is 0.350 e. The Bertz CT molecular complexity index is 368. The Hall–Kier alpha value is -1.03. The zero-order valence-electron chi connectivity index (χ0n) is 10.1. The molecule has 0 aliphatic rings. The van der Waals surface area contributed by atoms with Gasteiger partial charge in [0, 0.05) is 11.7 Å². The minimum atomic E-state index is -0.296. The predicted molar refractivity (Wildman–Crippen MR) is 64.4 cm³/mol. The monoisotopic (exact) mass is 243 g/mol. The van der Waals surface area contributed by atoms with Crippen LogP contribution in [-0.4, -0.2) is 21.0 Å². The third-order valence-electron chi connectivity index (χ3n) is 2.18. The molecule has 0 bridgehead atoms. The molecule has 0 fully saturated rings. The summed E-state index contributed by atoms with van der Waals surface area (Å²) >= 11 is 5.76. The summed E-state index contributed by atoms with van der Waals surface area (Å²) in [5.74, 6) is 0.324. The highest BCUT2D eigenvalue weighted by molar-refractivity contribution is 6.16. The van der Waals surface area contributed by atoms with Crippen molar-refractivity contribution in [2.45, 2.75) is 45.2 Å². The SMILES string of the molecule is CC(C(=O)NC(C)(C)C)n1cncc1CCl. The Labute approximate surface area is 101 Å². The normalized spacial score (nSPS) is 13.6. The second kappa shape index (κ2) is 4.87. The maximum atomic E-state index is 11.9. The minimum absolute atomic E-state index is 0.0307. The zero-order valence-corrected chi connectivity index (χ0v) is 10.9. The van der Waals surface area contributed by atoms with Crippen molar-refractivity contribution in [3.63, 3.8) is 0 Å². The molecule has 5 heteroatoms. The Morgan fingerprint density at radius 3 is 2.75 bits per heavy atom. The van der Waals surface area contributed by atoms with E-state index in [1.807, 2.05) is 27.7 Å². The van der Waals surface area contributed by atoms with E-state index >= 15 is 0 Å². The van der Waals surface area contributed by atoms with E-state index in [1.165, 1.54) is 0 Å². The van der Waals surface area contributed by atoms with Crippen molar-refractivity contribution < 1.29 is 4.79 Å². The molecule has 90 valence electrons. The molecule has 16 heavy (non-hydrogen) atoms. The number of nitrogens with zero attached hydrogens (tertiary/aromatic N) is 2. The van der Waals surface area contributed by atoms with Crippen molar-refractivity contribution in [3.05, 3.63) is 18.2 Å². The fourth-order valence-corrected chi connectivity index (χ4v) is 1.59. The average Bonchev–Trinajstić information content (AvgIpc) is 2.61. The smallest absolute Gasteiger partial charge is 0.243 e. The van der Waals surface area contributed by atoms with Gasteiger partial charge in [-0.2, -0.15) is 0 Å². The van der Waals surface area contributed by atoms with Crippen molar-refractivity contribution in [1.82, 2.24) is 14.9 Å². The summed E-state index contributed by atoms with van der Waals surface area (Å²) in [5.41, 5.74) is 0.616. The lowest BCUT2D eigenvalue weighted by Gasteiger charge is -2.24. The maximum absolute atomic E-state index is 11.9. The van der Waals surface area contributed by atoms with Crippen molar-refractivity contribution in [2.75, 3.05) is 0 Å². The van der Waals surface area contributed by atoms with Crippen molar-refractivity contribution in [1.29, 1.82) is 0 Å². The molecule has 1 aromatic heterocycles. The molecule has 0 radical (unpaired) electrons. The number of imidazole rings is 1. The highest BCUT2D eigenvalue weighted by atomic mass is 35.5. The number of nitrogens with one attached hydrogen (secondary N) is 1. The van der Waals surface area contributed by atoms with Crippen molar-refractivity contribution in [2.24, 2.45) is 0 Å². The van der Waals surface area contributed by atoms with E-state index < -0.39 is 0 Å². The number of alkyl halides is 1. The number of carbonyl (C=O) groups excluding carboxylic acids is 1. The molecule has 4 nitrogen and oxygen atoms in total. The number of hydrogen-bond acceptors (Lipinski definition) is 2. The van der Waals surface area contributed by atoms with Gasteiger partial charge in [-0.05, 0) is 27.7 Å². The summed E-state index contributed by atoms with van der Waals surface area (Å²) in [6.45, 7) is 7.69. The molecule has 0 aliphatic heterocycles. The first-order valence-electron chi connectivity index (χ1n) is 5.24. The second-order valence-electron chi connectivity index (χ2n) is 4.84. The summed E-state index contributed by atoms with van der Waals surface area (Å²) in [6, 6.07) is -0.296. The van der Waals surface area contributed by atoms with E-state index in [-0.39, 0.29) is 17.5 Å². The van der Waals surface area contributed by atoms with Gasteiger partial charge < -0.3 is 9.88 Å². The molecular weight excluding hydrogens is 226 g/mol. The third-order valence-corrected chi connectivity index (χ3v) is 2.45. The predicted octanol–water partition coefficient (Wildman–Crippen LogP) is 2.10. The summed E-state index contributed by atoms with van der Waals surface area (Å²) in [7, 11) is 0. The number of halogens is 1. The van der Waals surface area contributed by atoms with Crippen LogP contribution >= 0.6 is 11.6 Å². The number of hydrogen-bond donors (Lipinski definition) is 1. The van der Waals surface area contributed by atoms with Gasteiger partial charge in [0.25, 0.3) is 0 Å². The summed E-state index contributed by atoms with van der Waals surface area (Å²) in [4.78, 5) is 15.9. The first-order chi connectivity index (χ1) is 7.35. The molecule has 1 N–H and O–H groups in total. The van der Waals surface area contributed by atoms with E-state index in [1.54, 1.807) is 17.1 Å². The number of aromatic nitrogens is 2. The molecule has 0 aliphatic carbocycles. The molecule has 1 unspecified atom stereocenters. The van der Waals surface area contributed by atoms with Gasteiger partial charge in [-0.3, -0.25) is 4.79 Å². The summed E-state index contributed by atoms with van der Waals surface area (Å²) in [5, 5.41) is 2.93. The van der Waals surface area contributed by atoms with E-state index in [9.17, 15) is 4.79 Å². The number of amides is 1. The van der Waals surface area contributed by atoms with Crippen LogP contribution in [0.5, 0.6) is 0 Å². The van der Waals surface area contributed by atoms with E-state index in [4.69, 9.17) is 11.6 Å². The Morgan fingerprint density at radius 2 is 2.25 bits per heavy atom. The minimum Gasteiger partial charge on any atom is -0.350 e. The van der Waals surface area contributed by atoms with Crippen LogP contribution in [0.2, 0.25) is 0 Å². The van der Waals surface area contributed by atoms with Gasteiger partial charge in [0.2, 0.25) is 5.91 Å². The highest BCUT2D eigenvalue weighted by Crippen LogP contribution is 2.13. The molecule has 0 saturated carbocycles. The van der Waals surface area contributed by atoms with Gasteiger partial charge in [-0.25, -0.2) is 4.98 Å². The van der Waals surface area contributed by atoms with Crippen LogP contribution in [0.15, 0.2) is 12.5 Å². The van der Waals surface area contributed by atoms with Gasteiger partial charge >= 0.3 is 0 Å². The fourth-order valence-electron chi connectivity index (χ4n) is 1.38. The molecular formula is C11H18ClN3O. The molecule has 0 saturated heterocycles. The van der Waals surface area contributed by atoms with Gasteiger partial charge in [0.05, 0.1) is 17.9 Å². The van der Waals surface area contributed by atoms with Gasteiger partial charge in [0.15, 0.2) is 0 Å². The van der Waals surface area contributed by atoms with Crippen LogP contribution in [0.25, 0.3) is 0 Å². The van der Waals surface area contributed by atoms with Gasteiger partial charge in [-0.15, -0.1) is 11.6 Å². The molecule has 1 heterocycles. The first kappa shape index (κ1) is 13.0. The van der Waals surface area contributed by atoms with E-state index in [0.29, 0.717) is 5.88 Å². The number of carbonyl (C=O) groups is 1.